The zero-order valence-corrected chi connectivity index (χ0v) is 54.3. The van der Waals surface area contributed by atoms with Crippen molar-refractivity contribution < 1.29 is 142 Å². The highest BCUT2D eigenvalue weighted by Crippen LogP contribution is 2.42. The number of hydrogen-bond donors (Lipinski definition) is 3. The van der Waals surface area contributed by atoms with E-state index >= 15 is 0 Å². The number of esters is 4. The molecular formula is C56H50ClF16N9O15S3. The standard InChI is InChI=1S/C19H10F8N2O2S.C15H9F8NO.C6H9NO4.2C5H6N2O2S.C4H5ClO3.C2H5NO/c20-13-7-16(14(21)3-9(13)1-2-15(30)17-29-28-8-32-17)31-12-5-10(18(22,23)24)4-11(6-12)19(25,26)27;16-11-5-13(12(17)1-7(11)6-24)25-10-3-8(14(18,19)20)2-9(4-10)15(21,22)23;1-2-11-6(10)5(9)7-3-4-8;2*1-2-9-5(8)4-7-6-3-10-4;1-2-8-4(7)3(5)6;3-1-2-4/h3-8H,1-2H2;1-5H,6,24H2;4H,2-3H2,1H3,(H,7,9);2*3H,2H2,1H3;2H2,1H3;2H,1,3H2. The molecular weight excluding hydrogens is 1470 g/mol. The molecule has 5 N–H and O–H groups in total. The molecule has 44 heteroatoms. The third-order valence-electron chi connectivity index (χ3n) is 10.2. The van der Waals surface area contributed by atoms with E-state index < -0.39 is 134 Å². The van der Waals surface area contributed by atoms with Gasteiger partial charge in [0, 0.05) is 37.2 Å². The maximum absolute atomic E-state index is 14.3. The Balaban J connectivity index is 0.000000644. The Morgan fingerprint density at radius 2 is 0.840 bits per heavy atom. The predicted octanol–water partition coefficient (Wildman–Crippen LogP) is 11.5. The fourth-order valence-electron chi connectivity index (χ4n) is 6.02. The highest BCUT2D eigenvalue weighted by molar-refractivity contribution is 7.11. The maximum atomic E-state index is 14.3. The van der Waals surface area contributed by atoms with Crippen LogP contribution < -0.4 is 26.3 Å². The molecule has 7 rings (SSSR count). The Hall–Kier alpha value is -9.72. The molecule has 3 aromatic heterocycles. The average molecular weight is 1520 g/mol. The van der Waals surface area contributed by atoms with E-state index in [4.69, 9.17) is 31.6 Å². The van der Waals surface area contributed by atoms with Crippen molar-refractivity contribution in [1.29, 1.82) is 0 Å². The normalized spacial score (nSPS) is 10.7. The van der Waals surface area contributed by atoms with Crippen LogP contribution in [0, 0.1) is 23.3 Å². The molecule has 4 aromatic carbocycles. The lowest BCUT2D eigenvalue weighted by Gasteiger charge is -2.15. The Morgan fingerprint density at radius 3 is 1.14 bits per heavy atom. The number of aldehydes is 2. The van der Waals surface area contributed by atoms with Gasteiger partial charge in [-0.2, -0.15) is 52.7 Å². The number of carbonyl (C=O) groups excluding carboxylic acids is 9. The van der Waals surface area contributed by atoms with Gasteiger partial charge in [0.15, 0.2) is 33.9 Å². The number of halogens is 17. The lowest BCUT2D eigenvalue weighted by molar-refractivity contribution is -0.154. The summed E-state index contributed by atoms with van der Waals surface area (Å²) in [5.41, 5.74) is 7.02. The second kappa shape index (κ2) is 43.6. The summed E-state index contributed by atoms with van der Waals surface area (Å²) in [4.78, 5) is 93.2. The summed E-state index contributed by atoms with van der Waals surface area (Å²) in [5.74, 6) is -12.3. The van der Waals surface area contributed by atoms with Gasteiger partial charge in [-0.05, 0) is 99.8 Å². The second-order valence-corrected chi connectivity index (χ2v) is 20.1. The van der Waals surface area contributed by atoms with Gasteiger partial charge in [-0.25, -0.2) is 36.7 Å². The third kappa shape index (κ3) is 32.8. The number of amides is 1. The number of Topliss-reactive ketones (excluding diaryl/α,β-unsaturated/α-hetero) is 1. The fourth-order valence-corrected chi connectivity index (χ4v) is 7.48. The number of nitrogens with one attached hydrogen (secondary N) is 1. The summed E-state index contributed by atoms with van der Waals surface area (Å²) < 4.78 is 237. The lowest BCUT2D eigenvalue weighted by Crippen LogP contribution is -2.33. The third-order valence-corrected chi connectivity index (χ3v) is 12.4. The van der Waals surface area contributed by atoms with Gasteiger partial charge >= 0.3 is 59.7 Å². The molecule has 0 saturated heterocycles. The highest BCUT2D eigenvalue weighted by Gasteiger charge is 2.39. The Kier molecular flexibility index (Phi) is 38.5. The van der Waals surface area contributed by atoms with E-state index in [1.807, 2.05) is 5.32 Å². The van der Waals surface area contributed by atoms with Gasteiger partial charge in [-0.1, -0.05) is 34.0 Å². The van der Waals surface area contributed by atoms with Crippen molar-refractivity contribution in [2.24, 2.45) is 11.5 Å². The SMILES string of the molecule is CCOC(=O)C(=O)Cl.CCOC(=O)C(=O)NCC=O.CCOC(=O)c1nncs1.CCOC(=O)c1nncs1.NCC=O.NCc1cc(F)c(Oc2cc(C(F)(F)F)cc(C(F)(F)F)c2)cc1F.O=C(CCc1cc(F)c(Oc2cc(C(F)(F)F)cc(C(F)(F)F)c2)cc1F)c1nncs1. The minimum atomic E-state index is -5.13. The van der Waals surface area contributed by atoms with Crippen LogP contribution >= 0.6 is 45.6 Å². The molecule has 3 heterocycles. The first-order valence-electron chi connectivity index (χ1n) is 26.9. The number of nitrogens with two attached hydrogens (primary N) is 2. The van der Waals surface area contributed by atoms with Crippen LogP contribution in [0.3, 0.4) is 0 Å². The lowest BCUT2D eigenvalue weighted by atomic mass is 10.1. The zero-order chi connectivity index (χ0) is 76.1. The molecule has 546 valence electrons. The molecule has 0 fully saturated rings. The summed E-state index contributed by atoms with van der Waals surface area (Å²) >= 11 is 8.01. The summed E-state index contributed by atoms with van der Waals surface area (Å²) in [6.07, 6.45) is -19.8. The Morgan fingerprint density at radius 1 is 0.490 bits per heavy atom. The van der Waals surface area contributed by atoms with Gasteiger partial charge in [0.1, 0.15) is 52.2 Å². The average Bonchev–Trinajstić information content (AvgIpc) is 1.09. The second-order valence-electron chi connectivity index (χ2n) is 17.2. The number of aryl methyl sites for hydroxylation is 1. The fraction of sp³-hybridized carbons (Fsp3) is 0.304. The van der Waals surface area contributed by atoms with Gasteiger partial charge in [0.05, 0.1) is 55.2 Å². The zero-order valence-electron chi connectivity index (χ0n) is 51.1. The van der Waals surface area contributed by atoms with Crippen LogP contribution in [0.25, 0.3) is 0 Å². The van der Waals surface area contributed by atoms with E-state index in [1.54, 1.807) is 27.7 Å². The first-order valence-corrected chi connectivity index (χ1v) is 29.9. The summed E-state index contributed by atoms with van der Waals surface area (Å²) in [7, 11) is 0. The number of alkyl halides is 12. The number of nitrogens with zero attached hydrogens (tertiary/aromatic N) is 6. The summed E-state index contributed by atoms with van der Waals surface area (Å²) in [6, 6.07) is 3.01. The number of aromatic nitrogens is 6. The quantitative estimate of drug-likeness (QED) is 0.0129. The van der Waals surface area contributed by atoms with E-state index in [1.165, 1.54) is 39.2 Å². The van der Waals surface area contributed by atoms with Crippen LogP contribution in [-0.2, 0) is 85.4 Å². The number of carbonyl (C=O) groups is 9. The van der Waals surface area contributed by atoms with E-state index in [0.717, 1.165) is 11.3 Å². The van der Waals surface area contributed by atoms with Gasteiger partial charge in [-0.3, -0.25) is 14.4 Å². The molecule has 0 spiro atoms. The minimum Gasteiger partial charge on any atom is -0.461 e. The van der Waals surface area contributed by atoms with Crippen molar-refractivity contribution in [2.75, 3.05) is 39.5 Å². The number of benzene rings is 4. The number of hydrogen-bond acceptors (Lipinski definition) is 26. The van der Waals surface area contributed by atoms with Crippen LogP contribution in [0.5, 0.6) is 23.0 Å². The summed E-state index contributed by atoms with van der Waals surface area (Å²) in [6.45, 7) is 7.37. The Bertz CT molecular complexity index is 3670. The molecule has 0 saturated carbocycles. The van der Waals surface area contributed by atoms with E-state index in [9.17, 15) is 109 Å². The molecule has 24 nitrogen and oxygen atoms in total. The molecule has 1 amide bonds. The number of rotatable bonds is 19. The molecule has 0 aliphatic carbocycles. The largest absolute Gasteiger partial charge is 0.461 e. The van der Waals surface area contributed by atoms with Crippen molar-refractivity contribution in [2.45, 2.75) is 71.8 Å². The molecule has 0 aliphatic rings. The molecule has 0 bridgehead atoms. The molecule has 0 atom stereocenters. The van der Waals surface area contributed by atoms with Gasteiger partial charge in [-0.15, -0.1) is 30.6 Å². The minimum absolute atomic E-state index is 0.0795. The molecule has 7 aromatic rings. The van der Waals surface area contributed by atoms with Crippen LogP contribution in [0.1, 0.15) is 96.9 Å². The topological polar surface area (TPSA) is 350 Å². The van der Waals surface area contributed by atoms with E-state index in [2.05, 4.69) is 55.3 Å². The van der Waals surface area contributed by atoms with Crippen LogP contribution in [0.2, 0.25) is 0 Å². The van der Waals surface area contributed by atoms with Crippen molar-refractivity contribution in [3.8, 4) is 23.0 Å². The van der Waals surface area contributed by atoms with Crippen molar-refractivity contribution in [3.05, 3.63) is 149 Å². The van der Waals surface area contributed by atoms with Gasteiger partial charge < -0.3 is 54.8 Å². The highest BCUT2D eigenvalue weighted by atomic mass is 35.5. The van der Waals surface area contributed by atoms with E-state index in [-0.39, 0.29) is 98.2 Å². The van der Waals surface area contributed by atoms with Crippen LogP contribution in [-0.4, -0.2) is 123 Å². The van der Waals surface area contributed by atoms with Gasteiger partial charge in [0.25, 0.3) is 0 Å². The van der Waals surface area contributed by atoms with Crippen molar-refractivity contribution in [1.82, 2.24) is 35.9 Å². The molecule has 0 unspecified atom stereocenters. The molecule has 0 aliphatic heterocycles. The Labute approximate surface area is 569 Å². The van der Waals surface area contributed by atoms with Crippen molar-refractivity contribution >= 4 is 99.0 Å². The predicted molar refractivity (Wildman–Crippen MR) is 316 cm³/mol. The maximum Gasteiger partial charge on any atom is 0.416 e. The monoisotopic (exact) mass is 1520 g/mol. The van der Waals surface area contributed by atoms with Crippen LogP contribution in [0.15, 0.2) is 77.2 Å². The summed E-state index contributed by atoms with van der Waals surface area (Å²) in [5, 5.41) is 22.7. The first kappa shape index (κ1) is 88.3. The van der Waals surface area contributed by atoms with Crippen molar-refractivity contribution in [3.63, 3.8) is 0 Å². The van der Waals surface area contributed by atoms with Crippen LogP contribution in [0.4, 0.5) is 70.2 Å². The molecule has 100 heavy (non-hydrogen) atoms. The smallest absolute Gasteiger partial charge is 0.416 e. The number of ether oxygens (including phenoxy) is 6. The van der Waals surface area contributed by atoms with Gasteiger partial charge in [0.2, 0.25) is 10.0 Å². The van der Waals surface area contributed by atoms with E-state index in [0.29, 0.717) is 60.1 Å². The molecule has 0 radical (unpaired) electrons. The first-order chi connectivity index (χ1) is 46.8. The number of ketones is 1.